The van der Waals surface area contributed by atoms with Crippen molar-refractivity contribution in [1.82, 2.24) is 4.98 Å². The van der Waals surface area contributed by atoms with Crippen molar-refractivity contribution in [3.05, 3.63) is 68.0 Å². The molecule has 0 spiro atoms. The van der Waals surface area contributed by atoms with Gasteiger partial charge in [-0.1, -0.05) is 23.7 Å². The van der Waals surface area contributed by atoms with Gasteiger partial charge in [-0.15, -0.1) is 10.1 Å². The zero-order chi connectivity index (χ0) is 22.1. The molecule has 0 N–H and O–H groups in total. The molecular weight excluding hydrogens is 428 g/mol. The molecule has 0 bridgehead atoms. The van der Waals surface area contributed by atoms with E-state index in [-0.39, 0.29) is 25.6 Å². The number of aromatic nitrogens is 1. The number of fused-ring (bicyclic) bond motifs is 1. The number of rotatable bonds is 6. The van der Waals surface area contributed by atoms with Gasteiger partial charge in [-0.05, 0) is 37.5 Å². The summed E-state index contributed by atoms with van der Waals surface area (Å²) in [7, 11) is 1.43. The zero-order valence-electron chi connectivity index (χ0n) is 16.9. The van der Waals surface area contributed by atoms with Gasteiger partial charge in [-0.25, -0.2) is 0 Å². The molecule has 10 heteroatoms. The van der Waals surface area contributed by atoms with Gasteiger partial charge in [0.15, 0.2) is 5.75 Å². The van der Waals surface area contributed by atoms with Gasteiger partial charge in [0.25, 0.3) is 5.09 Å². The number of halogens is 1. The average Bonchev–Trinajstić information content (AvgIpc) is 3.34. The van der Waals surface area contributed by atoms with Crippen LogP contribution in [0.15, 0.2) is 30.5 Å². The fourth-order valence-electron chi connectivity index (χ4n) is 4.14. The molecule has 1 aromatic heterocycles. The molecule has 1 aromatic carbocycles. The van der Waals surface area contributed by atoms with Crippen molar-refractivity contribution in [3.8, 4) is 5.75 Å². The summed E-state index contributed by atoms with van der Waals surface area (Å²) in [6.07, 6.45) is 0.450. The maximum Gasteiger partial charge on any atom is 0.314 e. The number of ether oxygens (including phenoxy) is 3. The first-order valence-electron chi connectivity index (χ1n) is 9.78. The van der Waals surface area contributed by atoms with E-state index in [0.29, 0.717) is 16.5 Å². The molecule has 164 valence electrons. The number of carbonyl (C=O) groups excluding carboxylic acids is 1. The van der Waals surface area contributed by atoms with Crippen molar-refractivity contribution >= 4 is 17.6 Å². The molecule has 1 saturated carbocycles. The van der Waals surface area contributed by atoms with Crippen LogP contribution in [0.5, 0.6) is 5.75 Å². The topological polar surface area (TPSA) is 110 Å². The van der Waals surface area contributed by atoms with Gasteiger partial charge >= 0.3 is 5.97 Å². The highest BCUT2D eigenvalue weighted by molar-refractivity contribution is 6.30. The Balaban J connectivity index is 1.54. The van der Waals surface area contributed by atoms with E-state index in [1.807, 2.05) is 12.1 Å². The molecular formula is C21H21ClN2O7. The van der Waals surface area contributed by atoms with Gasteiger partial charge in [0.05, 0.1) is 24.3 Å². The number of aryl methyl sites for hydroxylation is 1. The van der Waals surface area contributed by atoms with Crippen LogP contribution in [0, 0.1) is 23.0 Å². The number of methoxy groups -OCH3 is 1. The van der Waals surface area contributed by atoms with E-state index in [0.717, 1.165) is 16.7 Å². The summed E-state index contributed by atoms with van der Waals surface area (Å²) in [6, 6.07) is 7.34. The second-order valence-electron chi connectivity index (χ2n) is 7.58. The quantitative estimate of drug-likeness (QED) is 0.374. The van der Waals surface area contributed by atoms with Crippen molar-refractivity contribution < 1.29 is 28.9 Å². The van der Waals surface area contributed by atoms with Crippen LogP contribution in [0.4, 0.5) is 0 Å². The van der Waals surface area contributed by atoms with Crippen molar-refractivity contribution in [1.29, 1.82) is 0 Å². The molecule has 1 aliphatic heterocycles. The maximum atomic E-state index is 12.9. The van der Waals surface area contributed by atoms with Gasteiger partial charge < -0.3 is 19.0 Å². The normalized spacial score (nSPS) is 24.6. The van der Waals surface area contributed by atoms with Gasteiger partial charge in [0.1, 0.15) is 12.2 Å². The van der Waals surface area contributed by atoms with Gasteiger partial charge in [0, 0.05) is 29.5 Å². The summed E-state index contributed by atoms with van der Waals surface area (Å²) in [5, 5.41) is 10.5. The molecule has 1 aliphatic carbocycles. The Hall–Kier alpha value is -2.75. The lowest BCUT2D eigenvalue weighted by Gasteiger charge is -2.15. The highest BCUT2D eigenvalue weighted by Crippen LogP contribution is 2.41. The van der Waals surface area contributed by atoms with Crippen molar-refractivity contribution in [2.24, 2.45) is 5.92 Å². The Morgan fingerprint density at radius 3 is 2.65 bits per heavy atom. The van der Waals surface area contributed by atoms with Crippen molar-refractivity contribution in [2.75, 3.05) is 7.11 Å². The number of carbonyl (C=O) groups is 1. The molecule has 2 aliphatic rings. The Bertz CT molecular complexity index is 998. The van der Waals surface area contributed by atoms with E-state index in [2.05, 4.69) is 9.82 Å². The Morgan fingerprint density at radius 2 is 1.97 bits per heavy atom. The van der Waals surface area contributed by atoms with Crippen LogP contribution < -0.4 is 4.74 Å². The minimum atomic E-state index is -0.864. The minimum Gasteiger partial charge on any atom is -0.424 e. The fourth-order valence-corrected chi connectivity index (χ4v) is 4.26. The SMILES string of the molecule is CO[C@H]1C[C@H](C(=O)Oc2c(C)ncc3c2CO[C@H]3c2ccc(Cl)cc2)C[C@H]1O[N+](=O)[O-]. The van der Waals surface area contributed by atoms with Crippen LogP contribution in [-0.4, -0.2) is 35.4 Å². The van der Waals surface area contributed by atoms with Crippen LogP contribution in [0.2, 0.25) is 5.02 Å². The molecule has 31 heavy (non-hydrogen) atoms. The molecule has 2 aromatic rings. The minimum absolute atomic E-state index is 0.143. The first-order valence-corrected chi connectivity index (χ1v) is 10.2. The highest BCUT2D eigenvalue weighted by Gasteiger charge is 2.42. The lowest BCUT2D eigenvalue weighted by molar-refractivity contribution is -0.770. The summed E-state index contributed by atoms with van der Waals surface area (Å²) in [5.74, 6) is -0.712. The standard InChI is InChI=1S/C21H21ClN2O7/c1-11-19(30-21(25)13-7-17(28-2)18(8-13)31-24(26)27)16-10-29-20(15(16)9-23-11)12-3-5-14(22)6-4-12/h3-6,9,13,17-18,20H,7-8,10H2,1-2H3/t13-,17-,18+,20-/m0/s1. The third kappa shape index (κ3) is 4.34. The number of hydrogen-bond donors (Lipinski definition) is 0. The first-order chi connectivity index (χ1) is 14.9. The van der Waals surface area contributed by atoms with Gasteiger partial charge in [0.2, 0.25) is 0 Å². The van der Waals surface area contributed by atoms with Crippen LogP contribution in [0.1, 0.15) is 41.3 Å². The smallest absolute Gasteiger partial charge is 0.314 e. The maximum absolute atomic E-state index is 12.9. The summed E-state index contributed by atoms with van der Waals surface area (Å²) >= 11 is 5.98. The number of nitrogens with zero attached hydrogens (tertiary/aromatic N) is 2. The molecule has 4 atom stereocenters. The Kier molecular flexibility index (Phi) is 6.08. The number of benzene rings is 1. The van der Waals surface area contributed by atoms with E-state index in [1.54, 1.807) is 25.3 Å². The molecule has 0 amide bonds. The van der Waals surface area contributed by atoms with Gasteiger partial charge in [-0.3, -0.25) is 9.78 Å². The Labute approximate surface area is 183 Å². The molecule has 2 heterocycles. The van der Waals surface area contributed by atoms with Crippen LogP contribution in [-0.2, 0) is 25.7 Å². The van der Waals surface area contributed by atoms with Crippen molar-refractivity contribution in [2.45, 2.75) is 44.7 Å². The van der Waals surface area contributed by atoms with E-state index in [1.165, 1.54) is 7.11 Å². The average molecular weight is 449 g/mol. The molecule has 0 saturated heterocycles. The number of pyridine rings is 1. The molecule has 4 rings (SSSR count). The molecule has 1 fully saturated rings. The lowest BCUT2D eigenvalue weighted by Crippen LogP contribution is -2.27. The fraction of sp³-hybridized carbons (Fsp3) is 0.429. The van der Waals surface area contributed by atoms with E-state index in [4.69, 9.17) is 25.8 Å². The predicted molar refractivity (Wildman–Crippen MR) is 108 cm³/mol. The monoisotopic (exact) mass is 448 g/mol. The van der Waals surface area contributed by atoms with E-state index >= 15 is 0 Å². The second kappa shape index (κ2) is 8.78. The zero-order valence-corrected chi connectivity index (χ0v) is 17.7. The van der Waals surface area contributed by atoms with Crippen LogP contribution >= 0.6 is 11.6 Å². The number of hydrogen-bond acceptors (Lipinski definition) is 8. The molecule has 0 radical (unpaired) electrons. The summed E-state index contributed by atoms with van der Waals surface area (Å²) < 4.78 is 16.9. The van der Waals surface area contributed by atoms with Gasteiger partial charge in [-0.2, -0.15) is 0 Å². The first kappa shape index (κ1) is 21.5. The molecule has 0 unspecified atom stereocenters. The highest BCUT2D eigenvalue weighted by atomic mass is 35.5. The van der Waals surface area contributed by atoms with E-state index in [9.17, 15) is 14.9 Å². The second-order valence-corrected chi connectivity index (χ2v) is 8.02. The largest absolute Gasteiger partial charge is 0.424 e. The molecule has 9 nitrogen and oxygen atoms in total. The van der Waals surface area contributed by atoms with Crippen LogP contribution in [0.25, 0.3) is 0 Å². The Morgan fingerprint density at radius 1 is 1.26 bits per heavy atom. The van der Waals surface area contributed by atoms with Crippen molar-refractivity contribution in [3.63, 3.8) is 0 Å². The third-order valence-electron chi connectivity index (χ3n) is 5.71. The summed E-state index contributed by atoms with van der Waals surface area (Å²) in [6.45, 7) is 2.02. The third-order valence-corrected chi connectivity index (χ3v) is 5.96. The predicted octanol–water partition coefficient (Wildman–Crippen LogP) is 3.57. The summed E-state index contributed by atoms with van der Waals surface area (Å²) in [4.78, 5) is 32.6. The van der Waals surface area contributed by atoms with Crippen LogP contribution in [0.3, 0.4) is 0 Å². The number of esters is 1. The van der Waals surface area contributed by atoms with E-state index < -0.39 is 29.2 Å². The summed E-state index contributed by atoms with van der Waals surface area (Å²) in [5.41, 5.74) is 3.07. The lowest BCUT2D eigenvalue weighted by atomic mass is 10.00.